The molecule has 0 N–H and O–H groups in total. The van der Waals surface area contributed by atoms with Crippen LogP contribution < -0.4 is 4.90 Å². The summed E-state index contributed by atoms with van der Waals surface area (Å²) in [6.45, 7) is 0. The number of rotatable bonds is 8. The molecule has 1 aromatic heterocycles. The predicted molar refractivity (Wildman–Crippen MR) is 272 cm³/mol. The quantitative estimate of drug-likeness (QED) is 0.139. The summed E-state index contributed by atoms with van der Waals surface area (Å²) >= 11 is 0. The van der Waals surface area contributed by atoms with E-state index in [-0.39, 0.29) is 0 Å². The Morgan fingerprint density at radius 2 is 0.688 bits per heavy atom. The van der Waals surface area contributed by atoms with Crippen molar-refractivity contribution in [1.29, 1.82) is 0 Å². The minimum absolute atomic E-state index is 1.09. The zero-order chi connectivity index (χ0) is 42.4. The molecule has 0 aliphatic rings. The van der Waals surface area contributed by atoms with Crippen LogP contribution in [0, 0.1) is 0 Å². The molecule has 64 heavy (non-hydrogen) atoms. The summed E-state index contributed by atoms with van der Waals surface area (Å²) in [6.07, 6.45) is 0. The molecule has 0 saturated carbocycles. The van der Waals surface area contributed by atoms with Crippen molar-refractivity contribution in [3.8, 4) is 50.2 Å². The van der Waals surface area contributed by atoms with Gasteiger partial charge < -0.3 is 9.47 Å². The highest BCUT2D eigenvalue weighted by molar-refractivity contribution is 6.22. The van der Waals surface area contributed by atoms with Gasteiger partial charge in [0.1, 0.15) is 0 Å². The highest BCUT2D eigenvalue weighted by atomic mass is 15.1. The fourth-order valence-electron chi connectivity index (χ4n) is 9.85. The molecule has 12 aromatic rings. The first-order valence-corrected chi connectivity index (χ1v) is 22.0. The van der Waals surface area contributed by atoms with Crippen molar-refractivity contribution in [2.24, 2.45) is 0 Å². The van der Waals surface area contributed by atoms with Gasteiger partial charge in [0.05, 0.1) is 11.0 Å². The van der Waals surface area contributed by atoms with Gasteiger partial charge in [0.25, 0.3) is 0 Å². The molecule has 0 fully saturated rings. The summed E-state index contributed by atoms with van der Waals surface area (Å²) in [6, 6.07) is 92.6. The number of anilines is 3. The fraction of sp³-hybridized carbons (Fsp3) is 0. The molecule has 12 rings (SSSR count). The summed E-state index contributed by atoms with van der Waals surface area (Å²) < 4.78 is 2.38. The molecule has 0 radical (unpaired) electrons. The summed E-state index contributed by atoms with van der Waals surface area (Å²) in [7, 11) is 0. The number of benzene rings is 11. The number of hydrogen-bond donors (Lipinski definition) is 0. The minimum Gasteiger partial charge on any atom is -0.310 e. The molecule has 0 aliphatic heterocycles. The zero-order valence-electron chi connectivity index (χ0n) is 35.1. The van der Waals surface area contributed by atoms with Crippen LogP contribution in [0.5, 0.6) is 0 Å². The summed E-state index contributed by atoms with van der Waals surface area (Å²) in [5.41, 5.74) is 16.5. The summed E-state index contributed by atoms with van der Waals surface area (Å²) in [4.78, 5) is 2.40. The van der Waals surface area contributed by atoms with E-state index in [2.05, 4.69) is 264 Å². The van der Waals surface area contributed by atoms with E-state index < -0.39 is 0 Å². The minimum atomic E-state index is 1.09. The van der Waals surface area contributed by atoms with E-state index in [4.69, 9.17) is 0 Å². The number of aromatic nitrogens is 1. The van der Waals surface area contributed by atoms with E-state index in [9.17, 15) is 0 Å². The Balaban J connectivity index is 1.03. The molecule has 0 unspecified atom stereocenters. The second-order valence-corrected chi connectivity index (χ2v) is 16.5. The van der Waals surface area contributed by atoms with Gasteiger partial charge in [0, 0.05) is 33.5 Å². The second kappa shape index (κ2) is 15.8. The van der Waals surface area contributed by atoms with Crippen molar-refractivity contribution in [2.45, 2.75) is 0 Å². The van der Waals surface area contributed by atoms with Crippen LogP contribution in [0.3, 0.4) is 0 Å². The maximum absolute atomic E-state index is 2.41. The summed E-state index contributed by atoms with van der Waals surface area (Å²) in [5.74, 6) is 0. The molecule has 300 valence electrons. The lowest BCUT2D eigenvalue weighted by Crippen LogP contribution is -2.10. The largest absolute Gasteiger partial charge is 0.310 e. The lowest BCUT2D eigenvalue weighted by molar-refractivity contribution is 1.18. The second-order valence-electron chi connectivity index (χ2n) is 16.5. The van der Waals surface area contributed by atoms with Gasteiger partial charge in [-0.05, 0) is 133 Å². The predicted octanol–water partition coefficient (Wildman–Crippen LogP) is 17.2. The molecular weight excluding hydrogens is 773 g/mol. The SMILES string of the molecule is c1ccc(-c2cccc(N(c3ccc(-c4ccc5c(-c6ccccc6)c6ccccc6c(-c6ccccc6)c5c4)cc3)c3ccc4c(c3)c3ccccc3n4-c3ccccc3)c2)cc1. The lowest BCUT2D eigenvalue weighted by Gasteiger charge is -2.26. The molecule has 1 heterocycles. The first-order valence-electron chi connectivity index (χ1n) is 22.0. The molecule has 2 heteroatoms. The molecule has 11 aromatic carbocycles. The van der Waals surface area contributed by atoms with E-state index >= 15 is 0 Å². The van der Waals surface area contributed by atoms with Crippen LogP contribution in [-0.2, 0) is 0 Å². The summed E-state index contributed by atoms with van der Waals surface area (Å²) in [5, 5.41) is 7.45. The topological polar surface area (TPSA) is 8.17 Å². The molecule has 2 nitrogen and oxygen atoms in total. The number of nitrogens with zero attached hydrogens (tertiary/aromatic N) is 2. The van der Waals surface area contributed by atoms with E-state index in [1.54, 1.807) is 0 Å². The molecule has 0 saturated heterocycles. The highest BCUT2D eigenvalue weighted by Crippen LogP contribution is 2.46. The van der Waals surface area contributed by atoms with Crippen molar-refractivity contribution < 1.29 is 0 Å². The standard InChI is InChI=1S/C62H42N2/c1-5-18-43(19-6-1)47-24-17-27-51(40-47)63(52-37-39-60-57(42-52)53-28-15-16-31-59(53)64(60)49-25-11-4-12-26-49)50-35-32-44(33-36-50)48-34-38-56-58(41-48)62(46-22-9-3-10-23-46)55-30-14-13-29-54(55)61(56)45-20-7-2-8-21-45/h1-42H. The van der Waals surface area contributed by atoms with E-state index in [0.717, 1.165) is 22.7 Å². The third-order valence-electron chi connectivity index (χ3n) is 12.7. The van der Waals surface area contributed by atoms with Crippen LogP contribution in [0.25, 0.3) is 93.5 Å². The maximum atomic E-state index is 2.41. The fourth-order valence-corrected chi connectivity index (χ4v) is 9.85. The van der Waals surface area contributed by atoms with Crippen molar-refractivity contribution in [2.75, 3.05) is 4.90 Å². The van der Waals surface area contributed by atoms with Gasteiger partial charge in [0.2, 0.25) is 0 Å². The van der Waals surface area contributed by atoms with Crippen molar-refractivity contribution in [1.82, 2.24) is 4.57 Å². The van der Waals surface area contributed by atoms with Gasteiger partial charge in [-0.25, -0.2) is 0 Å². The number of fused-ring (bicyclic) bond motifs is 5. The maximum Gasteiger partial charge on any atom is 0.0542 e. The molecule has 0 bridgehead atoms. The normalized spacial score (nSPS) is 11.4. The molecule has 0 aliphatic carbocycles. The first kappa shape index (κ1) is 37.3. The first-order chi connectivity index (χ1) is 31.8. The third kappa shape index (κ3) is 6.44. The van der Waals surface area contributed by atoms with Crippen molar-refractivity contribution in [3.63, 3.8) is 0 Å². The highest BCUT2D eigenvalue weighted by Gasteiger charge is 2.20. The van der Waals surface area contributed by atoms with Crippen LogP contribution in [0.2, 0.25) is 0 Å². The van der Waals surface area contributed by atoms with Crippen LogP contribution in [-0.4, -0.2) is 4.57 Å². The van der Waals surface area contributed by atoms with Gasteiger partial charge >= 0.3 is 0 Å². The van der Waals surface area contributed by atoms with E-state index in [0.29, 0.717) is 0 Å². The monoisotopic (exact) mass is 814 g/mol. The van der Waals surface area contributed by atoms with Crippen molar-refractivity contribution in [3.05, 3.63) is 255 Å². The number of hydrogen-bond acceptors (Lipinski definition) is 1. The molecule has 0 spiro atoms. The lowest BCUT2D eigenvalue weighted by atomic mass is 9.85. The Hall–Kier alpha value is -8.46. The van der Waals surface area contributed by atoms with Crippen LogP contribution in [0.4, 0.5) is 17.1 Å². The third-order valence-corrected chi connectivity index (χ3v) is 12.7. The average molecular weight is 815 g/mol. The smallest absolute Gasteiger partial charge is 0.0542 e. The van der Waals surface area contributed by atoms with Crippen LogP contribution in [0.15, 0.2) is 255 Å². The molecular formula is C62H42N2. The van der Waals surface area contributed by atoms with Crippen molar-refractivity contribution >= 4 is 60.4 Å². The molecule has 0 amide bonds. The Bertz CT molecular complexity index is 3630. The molecule has 0 atom stereocenters. The Morgan fingerprint density at radius 1 is 0.234 bits per heavy atom. The Morgan fingerprint density at radius 3 is 1.36 bits per heavy atom. The van der Waals surface area contributed by atoms with Gasteiger partial charge in [-0.3, -0.25) is 0 Å². The van der Waals surface area contributed by atoms with E-state index in [1.807, 2.05) is 0 Å². The Labute approximate surface area is 373 Å². The Kier molecular flexibility index (Phi) is 9.20. The van der Waals surface area contributed by atoms with Gasteiger partial charge in [-0.1, -0.05) is 188 Å². The van der Waals surface area contributed by atoms with Crippen LogP contribution >= 0.6 is 0 Å². The van der Waals surface area contributed by atoms with Gasteiger partial charge in [0.15, 0.2) is 0 Å². The average Bonchev–Trinajstić information content (AvgIpc) is 3.70. The number of para-hydroxylation sites is 2. The van der Waals surface area contributed by atoms with Gasteiger partial charge in [-0.2, -0.15) is 0 Å². The van der Waals surface area contributed by atoms with Gasteiger partial charge in [-0.15, -0.1) is 0 Å². The zero-order valence-corrected chi connectivity index (χ0v) is 35.1. The van der Waals surface area contributed by atoms with Crippen LogP contribution in [0.1, 0.15) is 0 Å². The van der Waals surface area contributed by atoms with E-state index in [1.165, 1.54) is 87.9 Å².